The van der Waals surface area contributed by atoms with E-state index in [-0.39, 0.29) is 29.8 Å². The zero-order valence-corrected chi connectivity index (χ0v) is 12.3. The van der Waals surface area contributed by atoms with Gasteiger partial charge in [0.25, 0.3) is 11.6 Å². The van der Waals surface area contributed by atoms with Crippen LogP contribution in [0, 0.1) is 10.1 Å². The molecule has 116 valence electrons. The van der Waals surface area contributed by atoms with Crippen LogP contribution in [0.4, 0.5) is 5.69 Å². The van der Waals surface area contributed by atoms with Crippen molar-refractivity contribution < 1.29 is 14.8 Å². The molecule has 0 unspecified atom stereocenters. The van der Waals surface area contributed by atoms with E-state index in [1.54, 1.807) is 4.57 Å². The molecule has 0 bridgehead atoms. The van der Waals surface area contributed by atoms with E-state index < -0.39 is 4.92 Å². The first-order chi connectivity index (χ1) is 9.88. The highest BCUT2D eigenvalue weighted by atomic mass is 16.6. The van der Waals surface area contributed by atoms with Crippen LogP contribution in [0.2, 0.25) is 0 Å². The summed E-state index contributed by atoms with van der Waals surface area (Å²) in [5, 5.41) is 23.2. The lowest BCUT2D eigenvalue weighted by Crippen LogP contribution is -2.39. The predicted molar refractivity (Wildman–Crippen MR) is 77.2 cm³/mol. The highest BCUT2D eigenvalue weighted by molar-refractivity contribution is 5.93. The fourth-order valence-electron chi connectivity index (χ4n) is 2.65. The van der Waals surface area contributed by atoms with Gasteiger partial charge in [0.05, 0.1) is 17.2 Å². The van der Waals surface area contributed by atoms with E-state index in [1.165, 1.54) is 12.3 Å². The molecular formula is C14H21N3O4. The van der Waals surface area contributed by atoms with Crippen LogP contribution in [0.15, 0.2) is 12.3 Å². The van der Waals surface area contributed by atoms with E-state index in [0.717, 1.165) is 12.8 Å². The van der Waals surface area contributed by atoms with Gasteiger partial charge in [-0.15, -0.1) is 0 Å². The molecule has 0 aromatic carbocycles. The van der Waals surface area contributed by atoms with Crippen molar-refractivity contribution in [1.29, 1.82) is 0 Å². The van der Waals surface area contributed by atoms with Crippen molar-refractivity contribution in [2.45, 2.75) is 57.7 Å². The van der Waals surface area contributed by atoms with Crippen molar-refractivity contribution in [2.24, 2.45) is 0 Å². The summed E-state index contributed by atoms with van der Waals surface area (Å²) in [6.45, 7) is 3.74. The topological polar surface area (TPSA) is 97.4 Å². The van der Waals surface area contributed by atoms with Crippen molar-refractivity contribution in [3.05, 3.63) is 28.1 Å². The third kappa shape index (κ3) is 3.60. The molecule has 1 aliphatic rings. The lowest BCUT2D eigenvalue weighted by molar-refractivity contribution is -0.384. The summed E-state index contributed by atoms with van der Waals surface area (Å²) >= 11 is 0. The van der Waals surface area contributed by atoms with Crippen LogP contribution in [0.25, 0.3) is 0 Å². The number of amides is 1. The van der Waals surface area contributed by atoms with Gasteiger partial charge in [-0.1, -0.05) is 0 Å². The molecular weight excluding hydrogens is 274 g/mol. The minimum Gasteiger partial charge on any atom is -0.393 e. The van der Waals surface area contributed by atoms with Crippen LogP contribution in [0.1, 0.15) is 56.1 Å². The lowest BCUT2D eigenvalue weighted by atomic mass is 9.93. The molecule has 1 fully saturated rings. The van der Waals surface area contributed by atoms with Gasteiger partial charge in [-0.05, 0) is 39.5 Å². The van der Waals surface area contributed by atoms with E-state index in [4.69, 9.17) is 0 Å². The zero-order valence-electron chi connectivity index (χ0n) is 12.3. The van der Waals surface area contributed by atoms with E-state index in [1.807, 2.05) is 13.8 Å². The van der Waals surface area contributed by atoms with Gasteiger partial charge in [0.2, 0.25) is 0 Å². The number of nitro groups is 1. The Morgan fingerprint density at radius 2 is 2.05 bits per heavy atom. The summed E-state index contributed by atoms with van der Waals surface area (Å²) in [6.07, 6.45) is 3.93. The fourth-order valence-corrected chi connectivity index (χ4v) is 2.65. The molecule has 0 atom stereocenters. The number of aromatic nitrogens is 1. The first-order valence-corrected chi connectivity index (χ1v) is 7.23. The normalized spacial score (nSPS) is 22.3. The molecule has 1 saturated carbocycles. The van der Waals surface area contributed by atoms with Crippen LogP contribution in [0.3, 0.4) is 0 Å². The van der Waals surface area contributed by atoms with Crippen LogP contribution in [-0.2, 0) is 0 Å². The Balaban J connectivity index is 2.12. The predicted octanol–water partition coefficient (Wildman–Crippen LogP) is 2.01. The number of aliphatic hydroxyl groups excluding tert-OH is 1. The van der Waals surface area contributed by atoms with Crippen molar-refractivity contribution in [1.82, 2.24) is 9.88 Å². The third-order valence-electron chi connectivity index (χ3n) is 3.87. The van der Waals surface area contributed by atoms with E-state index >= 15 is 0 Å². The molecule has 1 aliphatic carbocycles. The largest absolute Gasteiger partial charge is 0.393 e. The summed E-state index contributed by atoms with van der Waals surface area (Å²) in [6, 6.07) is 1.30. The molecule has 0 radical (unpaired) electrons. The molecule has 0 spiro atoms. The second-order valence-electron chi connectivity index (χ2n) is 5.82. The van der Waals surface area contributed by atoms with Gasteiger partial charge in [-0.25, -0.2) is 0 Å². The molecule has 1 amide bonds. The lowest BCUT2D eigenvalue weighted by Gasteiger charge is -2.26. The molecule has 1 aromatic heterocycles. The Hall–Kier alpha value is -1.89. The Morgan fingerprint density at radius 3 is 2.57 bits per heavy atom. The second kappa shape index (κ2) is 6.26. The van der Waals surface area contributed by atoms with Crippen LogP contribution >= 0.6 is 0 Å². The average molecular weight is 295 g/mol. The van der Waals surface area contributed by atoms with Crippen LogP contribution in [-0.4, -0.2) is 32.6 Å². The Bertz CT molecular complexity index is 530. The number of hydrogen-bond donors (Lipinski definition) is 2. The number of aliphatic hydroxyl groups is 1. The molecule has 2 N–H and O–H groups in total. The molecule has 21 heavy (non-hydrogen) atoms. The summed E-state index contributed by atoms with van der Waals surface area (Å²) in [7, 11) is 0. The van der Waals surface area contributed by atoms with Gasteiger partial charge in [0.15, 0.2) is 0 Å². The summed E-state index contributed by atoms with van der Waals surface area (Å²) in [5.41, 5.74) is 0.232. The molecule has 0 saturated heterocycles. The average Bonchev–Trinajstić information content (AvgIpc) is 2.87. The summed E-state index contributed by atoms with van der Waals surface area (Å²) in [4.78, 5) is 22.7. The molecule has 7 heteroatoms. The van der Waals surface area contributed by atoms with Gasteiger partial charge in [0, 0.05) is 18.2 Å². The van der Waals surface area contributed by atoms with Gasteiger partial charge in [-0.2, -0.15) is 0 Å². The molecule has 2 rings (SSSR count). The monoisotopic (exact) mass is 295 g/mol. The van der Waals surface area contributed by atoms with Gasteiger partial charge in [0.1, 0.15) is 5.69 Å². The summed E-state index contributed by atoms with van der Waals surface area (Å²) in [5.74, 6) is -0.293. The number of hydrogen-bond acceptors (Lipinski definition) is 4. The number of rotatable bonds is 4. The van der Waals surface area contributed by atoms with E-state index in [2.05, 4.69) is 5.32 Å². The van der Waals surface area contributed by atoms with Crippen molar-refractivity contribution in [3.8, 4) is 0 Å². The highest BCUT2D eigenvalue weighted by Crippen LogP contribution is 2.22. The van der Waals surface area contributed by atoms with Crippen LogP contribution < -0.4 is 5.32 Å². The van der Waals surface area contributed by atoms with Gasteiger partial charge < -0.3 is 15.0 Å². The highest BCUT2D eigenvalue weighted by Gasteiger charge is 2.25. The second-order valence-corrected chi connectivity index (χ2v) is 5.82. The number of carbonyl (C=O) groups is 1. The van der Waals surface area contributed by atoms with Crippen molar-refractivity contribution >= 4 is 11.6 Å². The summed E-state index contributed by atoms with van der Waals surface area (Å²) < 4.78 is 1.62. The van der Waals surface area contributed by atoms with Gasteiger partial charge >= 0.3 is 0 Å². The molecule has 0 aliphatic heterocycles. The fraction of sp³-hybridized carbons (Fsp3) is 0.643. The standard InChI is InChI=1S/C14H21N3O4/c1-9(2)16-8-11(17(20)21)7-13(16)14(19)15-10-3-5-12(18)6-4-10/h7-10,12,18H,3-6H2,1-2H3,(H,15,19). The van der Waals surface area contributed by atoms with E-state index in [0.29, 0.717) is 18.5 Å². The minimum absolute atomic E-state index is 0.0236. The molecule has 7 nitrogen and oxygen atoms in total. The maximum atomic E-state index is 12.3. The maximum absolute atomic E-state index is 12.3. The quantitative estimate of drug-likeness (QED) is 0.656. The molecule has 1 aromatic rings. The SMILES string of the molecule is CC(C)n1cc([N+](=O)[O-])cc1C(=O)NC1CCC(O)CC1. The van der Waals surface area contributed by atoms with Gasteiger partial charge in [-0.3, -0.25) is 14.9 Å². The Labute approximate surface area is 123 Å². The smallest absolute Gasteiger partial charge is 0.287 e. The maximum Gasteiger partial charge on any atom is 0.287 e. The number of carbonyl (C=O) groups excluding carboxylic acids is 1. The number of nitrogens with one attached hydrogen (secondary N) is 1. The minimum atomic E-state index is -0.493. The van der Waals surface area contributed by atoms with Crippen molar-refractivity contribution in [3.63, 3.8) is 0 Å². The van der Waals surface area contributed by atoms with Crippen molar-refractivity contribution in [2.75, 3.05) is 0 Å². The first-order valence-electron chi connectivity index (χ1n) is 7.23. The Kier molecular flexibility index (Phi) is 4.62. The molecule has 1 heterocycles. The zero-order chi connectivity index (χ0) is 15.6. The van der Waals surface area contributed by atoms with Crippen LogP contribution in [0.5, 0.6) is 0 Å². The first kappa shape index (κ1) is 15.5. The Morgan fingerprint density at radius 1 is 1.43 bits per heavy atom. The van der Waals surface area contributed by atoms with E-state index in [9.17, 15) is 20.0 Å². The third-order valence-corrected chi connectivity index (χ3v) is 3.87. The number of nitrogens with zero attached hydrogens (tertiary/aromatic N) is 2.